The molecule has 0 aliphatic heterocycles. The van der Waals surface area contributed by atoms with Crippen LogP contribution in [0.5, 0.6) is 5.75 Å². The molecule has 176 valence electrons. The highest BCUT2D eigenvalue weighted by molar-refractivity contribution is 6.30. The minimum Gasteiger partial charge on any atom is -0.497 e. The molecule has 2 aromatic heterocycles. The highest BCUT2D eigenvalue weighted by Gasteiger charge is 2.20. The van der Waals surface area contributed by atoms with Crippen molar-refractivity contribution < 1.29 is 4.74 Å². The number of hydrogen-bond donors (Lipinski definition) is 0. The lowest BCUT2D eigenvalue weighted by atomic mass is 9.87. The fourth-order valence-corrected chi connectivity index (χ4v) is 4.18. The predicted molar refractivity (Wildman–Crippen MR) is 140 cm³/mol. The Balaban J connectivity index is 1.77. The zero-order chi connectivity index (χ0) is 24.7. The number of nitrogens with zero attached hydrogens (tertiary/aromatic N) is 4. The number of rotatable bonds is 4. The molecule has 0 atom stereocenters. The van der Waals surface area contributed by atoms with Crippen LogP contribution >= 0.6 is 11.6 Å². The normalized spacial score (nSPS) is 12.4. The van der Waals surface area contributed by atoms with Crippen LogP contribution < -0.4 is 15.6 Å². The number of halogens is 1. The maximum atomic E-state index is 13.7. The first kappa shape index (κ1) is 22.9. The van der Waals surface area contributed by atoms with Gasteiger partial charge in [-0.3, -0.25) is 9.20 Å². The van der Waals surface area contributed by atoms with Crippen molar-refractivity contribution in [3.63, 3.8) is 0 Å². The average molecular weight is 485 g/mol. The summed E-state index contributed by atoms with van der Waals surface area (Å²) in [5.41, 5.74) is 3.46. The summed E-state index contributed by atoms with van der Waals surface area (Å²) in [5.74, 6) is 1.79. The van der Waals surface area contributed by atoms with Crippen LogP contribution in [-0.2, 0) is 5.41 Å². The van der Waals surface area contributed by atoms with Gasteiger partial charge in [-0.05, 0) is 59.0 Å². The van der Waals surface area contributed by atoms with E-state index >= 15 is 0 Å². The molecule has 6 nitrogen and oxygen atoms in total. The molecule has 0 radical (unpaired) electrons. The molecular formula is C28H25ClN4O2. The Morgan fingerprint density at radius 3 is 2.14 bits per heavy atom. The van der Waals surface area contributed by atoms with Crippen molar-refractivity contribution in [1.29, 1.82) is 0 Å². The molecule has 2 heterocycles. The summed E-state index contributed by atoms with van der Waals surface area (Å²) in [4.78, 5) is 13.7. The standard InChI is InChI=1S/C28H25ClN4O2/c1-28(2,3)20-9-7-19(8-10-20)25-30-31-27-32(22-13-11-21(29)12-14-22)26(34)24(33(25)27)17-18-5-15-23(35-4)16-6-18/h5-17H,1-4H3/b24-17+. The SMILES string of the molecule is COc1ccc(/C=c2\c(=O)n(-c3ccc(Cl)cc3)c3nnc(-c4ccc(C(C)(C)C)cc4)n23)cc1. The van der Waals surface area contributed by atoms with Gasteiger partial charge in [0, 0.05) is 10.6 Å². The molecule has 0 fully saturated rings. The average Bonchev–Trinajstić information content (AvgIpc) is 3.38. The largest absolute Gasteiger partial charge is 0.497 e. The number of aromatic nitrogens is 4. The van der Waals surface area contributed by atoms with Gasteiger partial charge in [-0.25, -0.2) is 4.57 Å². The second-order valence-corrected chi connectivity index (χ2v) is 9.84. The third-order valence-electron chi connectivity index (χ3n) is 6.02. The third-order valence-corrected chi connectivity index (χ3v) is 6.27. The monoisotopic (exact) mass is 484 g/mol. The van der Waals surface area contributed by atoms with E-state index in [2.05, 4.69) is 43.1 Å². The first-order valence-electron chi connectivity index (χ1n) is 11.3. The highest BCUT2D eigenvalue weighted by atomic mass is 35.5. The molecule has 0 saturated heterocycles. The quantitative estimate of drug-likeness (QED) is 0.358. The molecule has 0 aliphatic rings. The number of hydrogen-bond acceptors (Lipinski definition) is 4. The maximum Gasteiger partial charge on any atom is 0.282 e. The van der Waals surface area contributed by atoms with Gasteiger partial charge < -0.3 is 4.74 Å². The molecule has 5 rings (SSSR count). The van der Waals surface area contributed by atoms with E-state index in [0.29, 0.717) is 27.7 Å². The topological polar surface area (TPSA) is 61.4 Å². The third kappa shape index (κ3) is 4.21. The maximum absolute atomic E-state index is 13.7. The number of ether oxygens (including phenoxy) is 1. The number of methoxy groups -OCH3 is 1. The van der Waals surface area contributed by atoms with Crippen LogP contribution in [0.25, 0.3) is 28.9 Å². The van der Waals surface area contributed by atoms with Crippen molar-refractivity contribution in [1.82, 2.24) is 19.2 Å². The first-order valence-corrected chi connectivity index (χ1v) is 11.7. The number of benzene rings is 3. The predicted octanol–water partition coefficient (Wildman–Crippen LogP) is 5.05. The fraction of sp³-hybridized carbons (Fsp3) is 0.179. The van der Waals surface area contributed by atoms with E-state index < -0.39 is 0 Å². The summed E-state index contributed by atoms with van der Waals surface area (Å²) >= 11 is 6.09. The van der Waals surface area contributed by atoms with Crippen molar-refractivity contribution in [3.8, 4) is 22.8 Å². The van der Waals surface area contributed by atoms with E-state index in [1.54, 1.807) is 35.9 Å². The van der Waals surface area contributed by atoms with Crippen molar-refractivity contribution in [2.75, 3.05) is 7.11 Å². The molecule has 0 N–H and O–H groups in total. The Labute approximate surface area is 208 Å². The highest BCUT2D eigenvalue weighted by Crippen LogP contribution is 2.26. The van der Waals surface area contributed by atoms with Crippen LogP contribution in [0.1, 0.15) is 31.9 Å². The first-order chi connectivity index (χ1) is 16.8. The number of imidazole rings is 1. The van der Waals surface area contributed by atoms with Gasteiger partial charge in [0.15, 0.2) is 5.82 Å². The zero-order valence-electron chi connectivity index (χ0n) is 20.0. The van der Waals surface area contributed by atoms with Crippen molar-refractivity contribution >= 4 is 23.5 Å². The molecule has 0 saturated carbocycles. The van der Waals surface area contributed by atoms with Crippen LogP contribution in [0.15, 0.2) is 77.6 Å². The van der Waals surface area contributed by atoms with Gasteiger partial charge in [-0.2, -0.15) is 0 Å². The van der Waals surface area contributed by atoms with E-state index in [0.717, 1.165) is 16.9 Å². The van der Waals surface area contributed by atoms with E-state index in [1.807, 2.05) is 46.9 Å². The van der Waals surface area contributed by atoms with Gasteiger partial charge in [0.25, 0.3) is 5.56 Å². The van der Waals surface area contributed by atoms with E-state index in [1.165, 1.54) is 5.56 Å². The summed E-state index contributed by atoms with van der Waals surface area (Å²) in [6.07, 6.45) is 1.84. The van der Waals surface area contributed by atoms with Crippen molar-refractivity contribution in [2.45, 2.75) is 26.2 Å². The van der Waals surface area contributed by atoms with E-state index in [-0.39, 0.29) is 11.0 Å². The van der Waals surface area contributed by atoms with Gasteiger partial charge >= 0.3 is 0 Å². The Hall–Kier alpha value is -3.90. The lowest BCUT2D eigenvalue weighted by molar-refractivity contribution is 0.415. The molecule has 5 aromatic rings. The molecule has 0 unspecified atom stereocenters. The van der Waals surface area contributed by atoms with E-state index in [4.69, 9.17) is 16.3 Å². The van der Waals surface area contributed by atoms with Crippen molar-refractivity contribution in [2.24, 2.45) is 0 Å². The Kier molecular flexibility index (Phi) is 5.69. The van der Waals surface area contributed by atoms with Crippen molar-refractivity contribution in [3.05, 3.63) is 105 Å². The Morgan fingerprint density at radius 2 is 1.54 bits per heavy atom. The Bertz CT molecular complexity index is 1610. The van der Waals surface area contributed by atoms with Gasteiger partial charge in [-0.1, -0.05) is 68.8 Å². The summed E-state index contributed by atoms with van der Waals surface area (Å²) in [6, 6.07) is 22.9. The van der Waals surface area contributed by atoms with E-state index in [9.17, 15) is 4.79 Å². The molecule has 0 aliphatic carbocycles. The second kappa shape index (κ2) is 8.71. The molecule has 0 bridgehead atoms. The molecule has 3 aromatic carbocycles. The second-order valence-electron chi connectivity index (χ2n) is 9.41. The van der Waals surface area contributed by atoms with Gasteiger partial charge in [0.2, 0.25) is 5.78 Å². The lowest BCUT2D eigenvalue weighted by Crippen LogP contribution is -2.30. The minimum atomic E-state index is -0.194. The van der Waals surface area contributed by atoms with Crippen LogP contribution in [0.3, 0.4) is 0 Å². The lowest BCUT2D eigenvalue weighted by Gasteiger charge is -2.18. The van der Waals surface area contributed by atoms with Crippen LogP contribution in [0.2, 0.25) is 5.02 Å². The van der Waals surface area contributed by atoms with Crippen LogP contribution in [0.4, 0.5) is 0 Å². The molecule has 0 amide bonds. The smallest absolute Gasteiger partial charge is 0.282 e. The fourth-order valence-electron chi connectivity index (χ4n) is 4.06. The summed E-state index contributed by atoms with van der Waals surface area (Å²) in [6.45, 7) is 6.53. The van der Waals surface area contributed by atoms with Crippen LogP contribution in [0, 0.1) is 0 Å². The molecule has 0 spiro atoms. The minimum absolute atomic E-state index is 0.0338. The number of fused-ring (bicyclic) bond motifs is 1. The molecular weight excluding hydrogens is 460 g/mol. The summed E-state index contributed by atoms with van der Waals surface area (Å²) in [7, 11) is 1.62. The summed E-state index contributed by atoms with van der Waals surface area (Å²) in [5, 5.41) is 9.95. The molecule has 7 heteroatoms. The molecule has 35 heavy (non-hydrogen) atoms. The van der Waals surface area contributed by atoms with Crippen LogP contribution in [-0.4, -0.2) is 26.3 Å². The van der Waals surface area contributed by atoms with Gasteiger partial charge in [0.1, 0.15) is 11.1 Å². The van der Waals surface area contributed by atoms with Gasteiger partial charge in [-0.15, -0.1) is 10.2 Å². The van der Waals surface area contributed by atoms with Gasteiger partial charge in [0.05, 0.1) is 12.8 Å². The Morgan fingerprint density at radius 1 is 0.886 bits per heavy atom. The zero-order valence-corrected chi connectivity index (χ0v) is 20.7. The summed E-state index contributed by atoms with van der Waals surface area (Å²) < 4.78 is 8.64.